The smallest absolute Gasteiger partial charge is 0.137 e. The van der Waals surface area contributed by atoms with Gasteiger partial charge in [0.1, 0.15) is 11.6 Å². The normalized spacial score (nSPS) is 12.2. The topological polar surface area (TPSA) is 9.23 Å². The van der Waals surface area contributed by atoms with Gasteiger partial charge >= 0.3 is 0 Å². The molecule has 0 N–H and O–H groups in total. The molecule has 1 nitrogen and oxygen atoms in total. The van der Waals surface area contributed by atoms with E-state index in [1.165, 1.54) is 6.07 Å². The van der Waals surface area contributed by atoms with E-state index in [0.29, 0.717) is 16.6 Å². The van der Waals surface area contributed by atoms with Gasteiger partial charge in [-0.25, -0.2) is 4.39 Å². The van der Waals surface area contributed by atoms with Gasteiger partial charge < -0.3 is 4.74 Å². The van der Waals surface area contributed by atoms with E-state index in [2.05, 4.69) is 38.8 Å². The van der Waals surface area contributed by atoms with E-state index < -0.39 is 5.38 Å². The minimum absolute atomic E-state index is 0.319. The third kappa shape index (κ3) is 4.21. The molecule has 0 aromatic heterocycles. The Morgan fingerprint density at radius 3 is 2.38 bits per heavy atom. The number of hydrogen-bond donors (Lipinski definition) is 0. The molecule has 2 rings (SSSR count). The average molecular weight is 437 g/mol. The summed E-state index contributed by atoms with van der Waals surface area (Å²) in [6.07, 6.45) is 0.949. The predicted octanol–water partition coefficient (Wildman–Crippen LogP) is 6.47. The van der Waals surface area contributed by atoms with E-state index in [1.807, 2.05) is 18.2 Å². The molecule has 21 heavy (non-hydrogen) atoms. The monoisotopic (exact) mass is 434 g/mol. The van der Waals surface area contributed by atoms with Crippen LogP contribution in [0.15, 0.2) is 45.3 Å². The Bertz CT molecular complexity index is 634. The van der Waals surface area contributed by atoms with E-state index in [9.17, 15) is 4.39 Å². The molecular formula is C16H14Br2ClFO. The maximum absolute atomic E-state index is 13.6. The summed E-state index contributed by atoms with van der Waals surface area (Å²) in [6, 6.07) is 10.6. The number of benzene rings is 2. The molecule has 2 aromatic rings. The summed E-state index contributed by atoms with van der Waals surface area (Å²) in [4.78, 5) is 0. The van der Waals surface area contributed by atoms with Crippen molar-refractivity contribution in [3.05, 3.63) is 62.3 Å². The fraction of sp³-hybridized carbons (Fsp3) is 0.250. The summed E-state index contributed by atoms with van der Waals surface area (Å²) in [5.74, 6) is 0.464. The summed E-state index contributed by atoms with van der Waals surface area (Å²) >= 11 is 13.1. The zero-order chi connectivity index (χ0) is 15.4. The molecule has 2 aromatic carbocycles. The number of halogens is 4. The van der Waals surface area contributed by atoms with E-state index in [0.717, 1.165) is 22.2 Å². The fourth-order valence-corrected chi connectivity index (χ4v) is 2.90. The molecule has 1 atom stereocenters. The molecule has 0 aliphatic rings. The van der Waals surface area contributed by atoms with Crippen molar-refractivity contribution in [3.63, 3.8) is 0 Å². The van der Waals surface area contributed by atoms with Crippen molar-refractivity contribution in [2.75, 3.05) is 6.61 Å². The number of rotatable bonds is 5. The highest BCUT2D eigenvalue weighted by molar-refractivity contribution is 9.10. The van der Waals surface area contributed by atoms with Gasteiger partial charge in [-0.2, -0.15) is 0 Å². The third-order valence-electron chi connectivity index (χ3n) is 2.95. The summed E-state index contributed by atoms with van der Waals surface area (Å²) < 4.78 is 20.5. The van der Waals surface area contributed by atoms with Gasteiger partial charge in [-0.05, 0) is 73.7 Å². The van der Waals surface area contributed by atoms with Crippen LogP contribution in [-0.4, -0.2) is 6.61 Å². The van der Waals surface area contributed by atoms with Crippen molar-refractivity contribution in [3.8, 4) is 5.75 Å². The lowest BCUT2D eigenvalue weighted by Crippen LogP contribution is -1.98. The maximum Gasteiger partial charge on any atom is 0.137 e. The molecule has 0 saturated carbocycles. The van der Waals surface area contributed by atoms with Gasteiger partial charge in [-0.3, -0.25) is 0 Å². The highest BCUT2D eigenvalue weighted by atomic mass is 79.9. The van der Waals surface area contributed by atoms with Gasteiger partial charge in [0.2, 0.25) is 0 Å². The zero-order valence-electron chi connectivity index (χ0n) is 11.4. The van der Waals surface area contributed by atoms with E-state index >= 15 is 0 Å². The van der Waals surface area contributed by atoms with Crippen LogP contribution in [0, 0.1) is 5.82 Å². The molecule has 0 aliphatic heterocycles. The van der Waals surface area contributed by atoms with E-state index in [1.54, 1.807) is 12.1 Å². The van der Waals surface area contributed by atoms with Crippen molar-refractivity contribution in [1.82, 2.24) is 0 Å². The van der Waals surface area contributed by atoms with Gasteiger partial charge in [0.05, 0.1) is 20.9 Å². The molecule has 0 radical (unpaired) electrons. The second-order valence-electron chi connectivity index (χ2n) is 4.57. The van der Waals surface area contributed by atoms with Gasteiger partial charge in [0, 0.05) is 0 Å². The molecule has 0 aliphatic carbocycles. The quantitative estimate of drug-likeness (QED) is 0.488. The van der Waals surface area contributed by atoms with Gasteiger partial charge in [-0.1, -0.05) is 19.1 Å². The van der Waals surface area contributed by atoms with Crippen LogP contribution in [0.4, 0.5) is 4.39 Å². The van der Waals surface area contributed by atoms with Crippen molar-refractivity contribution in [1.29, 1.82) is 0 Å². The first-order valence-electron chi connectivity index (χ1n) is 6.54. The fourth-order valence-electron chi connectivity index (χ4n) is 1.87. The van der Waals surface area contributed by atoms with Crippen LogP contribution in [0.1, 0.15) is 29.8 Å². The van der Waals surface area contributed by atoms with Crippen molar-refractivity contribution < 1.29 is 9.13 Å². The lowest BCUT2D eigenvalue weighted by Gasteiger charge is -2.13. The van der Waals surface area contributed by atoms with Crippen LogP contribution in [0.25, 0.3) is 0 Å². The second-order valence-corrected chi connectivity index (χ2v) is 6.72. The lowest BCUT2D eigenvalue weighted by molar-refractivity contribution is 0.315. The Hall–Kier alpha value is -0.580. The number of hydrogen-bond acceptors (Lipinski definition) is 1. The summed E-state index contributed by atoms with van der Waals surface area (Å²) in [7, 11) is 0. The Kier molecular flexibility index (Phi) is 6.08. The molecule has 0 heterocycles. The highest BCUT2D eigenvalue weighted by Crippen LogP contribution is 2.35. The van der Waals surface area contributed by atoms with Gasteiger partial charge in [0.15, 0.2) is 0 Å². The predicted molar refractivity (Wildman–Crippen MR) is 91.7 cm³/mol. The first-order valence-corrected chi connectivity index (χ1v) is 8.56. The summed E-state index contributed by atoms with van der Waals surface area (Å²) in [5, 5.41) is -0.413. The third-order valence-corrected chi connectivity index (χ3v) is 4.71. The maximum atomic E-state index is 13.6. The molecule has 112 valence electrons. The number of alkyl halides is 1. The first kappa shape index (κ1) is 16.8. The molecule has 1 unspecified atom stereocenters. The molecule has 0 spiro atoms. The molecule has 0 saturated heterocycles. The van der Waals surface area contributed by atoms with Gasteiger partial charge in [0.25, 0.3) is 0 Å². The van der Waals surface area contributed by atoms with Crippen LogP contribution in [0.2, 0.25) is 0 Å². The molecular weight excluding hydrogens is 422 g/mol. The van der Waals surface area contributed by atoms with Gasteiger partial charge in [-0.15, -0.1) is 11.6 Å². The average Bonchev–Trinajstić information content (AvgIpc) is 2.48. The lowest BCUT2D eigenvalue weighted by atomic mass is 10.0. The number of ether oxygens (including phenoxy) is 1. The van der Waals surface area contributed by atoms with Crippen molar-refractivity contribution >= 4 is 43.5 Å². The Balaban J connectivity index is 2.24. The van der Waals surface area contributed by atoms with Crippen molar-refractivity contribution in [2.24, 2.45) is 0 Å². The standard InChI is InChI=1S/C16H14Br2ClFO/c1-2-7-21-15-6-4-10(8-13(15)18)16(19)11-3-5-12(17)14(20)9-11/h3-6,8-9,16H,2,7H2,1H3. The molecule has 0 bridgehead atoms. The SMILES string of the molecule is CCCOc1ccc(C(Cl)c2ccc(Br)c(F)c2)cc1Br. The largest absolute Gasteiger partial charge is 0.492 e. The minimum atomic E-state index is -0.413. The Morgan fingerprint density at radius 2 is 1.76 bits per heavy atom. The van der Waals surface area contributed by atoms with E-state index in [4.69, 9.17) is 16.3 Å². The van der Waals surface area contributed by atoms with E-state index in [-0.39, 0.29) is 5.82 Å². The van der Waals surface area contributed by atoms with Crippen LogP contribution in [0.5, 0.6) is 5.75 Å². The zero-order valence-corrected chi connectivity index (χ0v) is 15.3. The summed E-state index contributed by atoms with van der Waals surface area (Å²) in [5.41, 5.74) is 1.60. The first-order chi connectivity index (χ1) is 10.0. The Labute approximate surface area is 145 Å². The van der Waals surface area contributed by atoms with Crippen molar-refractivity contribution in [2.45, 2.75) is 18.7 Å². The van der Waals surface area contributed by atoms with Crippen LogP contribution in [0.3, 0.4) is 0 Å². The summed E-state index contributed by atoms with van der Waals surface area (Å²) in [6.45, 7) is 2.72. The molecule has 0 fully saturated rings. The minimum Gasteiger partial charge on any atom is -0.492 e. The van der Waals surface area contributed by atoms with Crippen LogP contribution in [-0.2, 0) is 0 Å². The molecule has 5 heteroatoms. The van der Waals surface area contributed by atoms with Crippen LogP contribution < -0.4 is 4.74 Å². The second kappa shape index (κ2) is 7.61. The van der Waals surface area contributed by atoms with Crippen LogP contribution >= 0.6 is 43.5 Å². The molecule has 0 amide bonds. The Morgan fingerprint density at radius 1 is 1.10 bits per heavy atom. The highest BCUT2D eigenvalue weighted by Gasteiger charge is 2.14.